The van der Waals surface area contributed by atoms with Crippen LogP contribution in [0.3, 0.4) is 0 Å². The summed E-state index contributed by atoms with van der Waals surface area (Å²) in [6.45, 7) is 6.69. The number of rotatable bonds is 5. The zero-order chi connectivity index (χ0) is 7.98. The monoisotopic (exact) mass is 179 g/mol. The normalized spacial score (nSPS) is 15.3. The summed E-state index contributed by atoms with van der Waals surface area (Å²) in [5, 5.41) is 0. The van der Waals surface area contributed by atoms with Crippen molar-refractivity contribution in [2.24, 2.45) is 11.7 Å². The highest BCUT2D eigenvalue weighted by atomic mass is 35.5. The van der Waals surface area contributed by atoms with E-state index in [2.05, 4.69) is 20.8 Å². The van der Waals surface area contributed by atoms with Crippen molar-refractivity contribution in [1.29, 1.82) is 0 Å². The van der Waals surface area contributed by atoms with E-state index in [1.807, 2.05) is 0 Å². The molecule has 1 nitrogen and oxygen atoms in total. The summed E-state index contributed by atoms with van der Waals surface area (Å²) in [7, 11) is 0. The van der Waals surface area contributed by atoms with Crippen LogP contribution in [0.15, 0.2) is 0 Å². The van der Waals surface area contributed by atoms with E-state index in [0.717, 1.165) is 12.3 Å². The molecular weight excluding hydrogens is 158 g/mol. The van der Waals surface area contributed by atoms with Crippen LogP contribution < -0.4 is 5.73 Å². The Labute approximate surface area is 77.2 Å². The molecule has 0 heterocycles. The standard InChI is InChI=1S/C9H21N.ClH/c1-4-8(3)6-7-9(10)5-2;/h8-9H,4-7,10H2,1-3H3;1H. The molecule has 0 amide bonds. The van der Waals surface area contributed by atoms with Gasteiger partial charge in [0.15, 0.2) is 0 Å². The largest absolute Gasteiger partial charge is 0.328 e. The number of hydrogen-bond acceptors (Lipinski definition) is 1. The predicted octanol–water partition coefficient (Wildman–Crippen LogP) is 2.97. The highest BCUT2D eigenvalue weighted by molar-refractivity contribution is 5.85. The second-order valence-electron chi connectivity index (χ2n) is 3.26. The van der Waals surface area contributed by atoms with E-state index in [1.54, 1.807) is 0 Å². The number of hydrogen-bond donors (Lipinski definition) is 1. The topological polar surface area (TPSA) is 26.0 Å². The molecule has 0 fully saturated rings. The molecule has 2 unspecified atom stereocenters. The summed E-state index contributed by atoms with van der Waals surface area (Å²) in [4.78, 5) is 0. The van der Waals surface area contributed by atoms with Crippen LogP contribution >= 0.6 is 12.4 Å². The molecule has 11 heavy (non-hydrogen) atoms. The average Bonchev–Trinajstić information content (AvgIpc) is 1.99. The maximum absolute atomic E-state index is 5.78. The van der Waals surface area contributed by atoms with Gasteiger partial charge in [0.25, 0.3) is 0 Å². The predicted molar refractivity (Wildman–Crippen MR) is 54.2 cm³/mol. The first-order chi connectivity index (χ1) is 4.70. The van der Waals surface area contributed by atoms with E-state index < -0.39 is 0 Å². The zero-order valence-electron chi connectivity index (χ0n) is 7.97. The Morgan fingerprint density at radius 3 is 2.00 bits per heavy atom. The lowest BCUT2D eigenvalue weighted by Crippen LogP contribution is -2.19. The summed E-state index contributed by atoms with van der Waals surface area (Å²) in [6.07, 6.45) is 4.91. The van der Waals surface area contributed by atoms with Gasteiger partial charge in [-0.05, 0) is 25.2 Å². The molecule has 0 rings (SSSR count). The summed E-state index contributed by atoms with van der Waals surface area (Å²) >= 11 is 0. The van der Waals surface area contributed by atoms with Crippen molar-refractivity contribution < 1.29 is 0 Å². The summed E-state index contributed by atoms with van der Waals surface area (Å²) < 4.78 is 0. The SMILES string of the molecule is CCC(C)CCC(N)CC.Cl. The van der Waals surface area contributed by atoms with Crippen molar-refractivity contribution in [2.45, 2.75) is 52.5 Å². The molecule has 2 atom stereocenters. The van der Waals surface area contributed by atoms with Gasteiger partial charge in [-0.25, -0.2) is 0 Å². The van der Waals surface area contributed by atoms with Crippen molar-refractivity contribution in [3.05, 3.63) is 0 Å². The zero-order valence-corrected chi connectivity index (χ0v) is 8.79. The summed E-state index contributed by atoms with van der Waals surface area (Å²) in [5.74, 6) is 0.859. The molecule has 70 valence electrons. The van der Waals surface area contributed by atoms with Crippen LogP contribution in [-0.2, 0) is 0 Å². The lowest BCUT2D eigenvalue weighted by Gasteiger charge is -2.11. The molecule has 0 aromatic carbocycles. The van der Waals surface area contributed by atoms with Crippen molar-refractivity contribution in [3.63, 3.8) is 0 Å². The van der Waals surface area contributed by atoms with Crippen LogP contribution in [-0.4, -0.2) is 6.04 Å². The third-order valence-corrected chi connectivity index (χ3v) is 2.25. The van der Waals surface area contributed by atoms with Gasteiger partial charge in [-0.3, -0.25) is 0 Å². The fraction of sp³-hybridized carbons (Fsp3) is 1.00. The Bertz CT molecular complexity index is 66.0. The minimum Gasteiger partial charge on any atom is -0.328 e. The van der Waals surface area contributed by atoms with E-state index in [0.29, 0.717) is 6.04 Å². The Morgan fingerprint density at radius 1 is 1.09 bits per heavy atom. The molecule has 2 N–H and O–H groups in total. The van der Waals surface area contributed by atoms with Crippen LogP contribution in [0.2, 0.25) is 0 Å². The molecule has 0 aromatic heterocycles. The van der Waals surface area contributed by atoms with E-state index in [9.17, 15) is 0 Å². The first-order valence-electron chi connectivity index (χ1n) is 4.46. The average molecular weight is 180 g/mol. The van der Waals surface area contributed by atoms with Crippen molar-refractivity contribution >= 4 is 12.4 Å². The quantitative estimate of drug-likeness (QED) is 0.690. The highest BCUT2D eigenvalue weighted by Gasteiger charge is 2.02. The molecule has 0 aromatic rings. The third-order valence-electron chi connectivity index (χ3n) is 2.25. The van der Waals surface area contributed by atoms with E-state index in [-0.39, 0.29) is 12.4 Å². The van der Waals surface area contributed by atoms with Gasteiger partial charge in [-0.2, -0.15) is 0 Å². The van der Waals surface area contributed by atoms with Crippen LogP contribution in [0.5, 0.6) is 0 Å². The Balaban J connectivity index is 0. The van der Waals surface area contributed by atoms with Gasteiger partial charge in [0.2, 0.25) is 0 Å². The molecule has 0 spiro atoms. The third kappa shape index (κ3) is 8.15. The summed E-state index contributed by atoms with van der Waals surface area (Å²) in [6, 6.07) is 0.439. The minimum atomic E-state index is 0. The molecule has 0 saturated carbocycles. The highest BCUT2D eigenvalue weighted by Crippen LogP contribution is 2.11. The van der Waals surface area contributed by atoms with Crippen molar-refractivity contribution in [3.8, 4) is 0 Å². The Morgan fingerprint density at radius 2 is 1.64 bits per heavy atom. The molecule has 0 aliphatic heterocycles. The van der Waals surface area contributed by atoms with Crippen LogP contribution in [0, 0.1) is 5.92 Å². The lowest BCUT2D eigenvalue weighted by molar-refractivity contribution is 0.452. The summed E-state index contributed by atoms with van der Waals surface area (Å²) in [5.41, 5.74) is 5.78. The fourth-order valence-electron chi connectivity index (χ4n) is 0.907. The van der Waals surface area contributed by atoms with Gasteiger partial charge in [0.05, 0.1) is 0 Å². The second-order valence-corrected chi connectivity index (χ2v) is 3.26. The smallest absolute Gasteiger partial charge is 0.00363 e. The molecule has 0 radical (unpaired) electrons. The van der Waals surface area contributed by atoms with Crippen molar-refractivity contribution in [1.82, 2.24) is 0 Å². The van der Waals surface area contributed by atoms with Gasteiger partial charge < -0.3 is 5.73 Å². The molecule has 2 heteroatoms. The maximum atomic E-state index is 5.78. The fourth-order valence-corrected chi connectivity index (χ4v) is 0.907. The van der Waals surface area contributed by atoms with Crippen LogP contribution in [0.1, 0.15) is 46.5 Å². The van der Waals surface area contributed by atoms with Gasteiger partial charge in [-0.1, -0.05) is 27.2 Å². The molecule has 0 aliphatic rings. The molecular formula is C9H22ClN. The lowest BCUT2D eigenvalue weighted by atomic mass is 9.99. The Kier molecular flexibility index (Phi) is 10.5. The molecule has 0 saturated heterocycles. The van der Waals surface area contributed by atoms with E-state index in [1.165, 1.54) is 19.3 Å². The van der Waals surface area contributed by atoms with Crippen LogP contribution in [0.4, 0.5) is 0 Å². The van der Waals surface area contributed by atoms with E-state index >= 15 is 0 Å². The van der Waals surface area contributed by atoms with E-state index in [4.69, 9.17) is 5.73 Å². The van der Waals surface area contributed by atoms with Crippen molar-refractivity contribution in [2.75, 3.05) is 0 Å². The number of halogens is 1. The van der Waals surface area contributed by atoms with Gasteiger partial charge in [0, 0.05) is 6.04 Å². The first-order valence-corrected chi connectivity index (χ1v) is 4.46. The van der Waals surface area contributed by atoms with Gasteiger partial charge in [-0.15, -0.1) is 12.4 Å². The first kappa shape index (κ1) is 13.8. The minimum absolute atomic E-state index is 0. The Hall–Kier alpha value is 0.250. The molecule has 0 aliphatic carbocycles. The second kappa shape index (κ2) is 8.35. The molecule has 0 bridgehead atoms. The van der Waals surface area contributed by atoms with Crippen LogP contribution in [0.25, 0.3) is 0 Å². The van der Waals surface area contributed by atoms with Gasteiger partial charge >= 0.3 is 0 Å². The van der Waals surface area contributed by atoms with Gasteiger partial charge in [0.1, 0.15) is 0 Å². The maximum Gasteiger partial charge on any atom is 0.00363 e. The number of nitrogens with two attached hydrogens (primary N) is 1.